The molecule has 2 aromatic carbocycles. The lowest BCUT2D eigenvalue weighted by molar-refractivity contribution is 0.0831. The summed E-state index contributed by atoms with van der Waals surface area (Å²) in [6.07, 6.45) is -0.789. The molecule has 0 radical (unpaired) electrons. The molecule has 0 amide bonds. The maximum absolute atomic E-state index is 9.84. The van der Waals surface area contributed by atoms with Crippen molar-refractivity contribution in [1.29, 1.82) is 0 Å². The molecule has 0 saturated heterocycles. The molecule has 0 saturated carbocycles. The normalized spacial score (nSPS) is 13.2. The molecule has 0 fully saturated rings. The van der Waals surface area contributed by atoms with Gasteiger partial charge in [-0.1, -0.05) is 31.9 Å². The predicted octanol–water partition coefficient (Wildman–Crippen LogP) is 4.44. The van der Waals surface area contributed by atoms with E-state index in [1.54, 1.807) is 0 Å². The first-order valence-corrected chi connectivity index (χ1v) is 8.74. The highest BCUT2D eigenvalue weighted by Crippen LogP contribution is 2.37. The van der Waals surface area contributed by atoms with Crippen molar-refractivity contribution in [2.45, 2.75) is 12.6 Å². The number of aromatic nitrogens is 1. The van der Waals surface area contributed by atoms with Crippen LogP contribution in [0.15, 0.2) is 43.7 Å². The van der Waals surface area contributed by atoms with E-state index in [9.17, 15) is 5.11 Å². The quantitative estimate of drug-likeness (QED) is 0.586. The molecule has 0 spiro atoms. The molecule has 1 unspecified atom stereocenters. The molecule has 0 aliphatic heterocycles. The smallest absolute Gasteiger partial charge is 0.0949 e. The molecule has 21 heavy (non-hydrogen) atoms. The first-order valence-electron chi connectivity index (χ1n) is 6.36. The Labute approximate surface area is 146 Å². The topological polar surface area (TPSA) is 45.4 Å². The van der Waals surface area contributed by atoms with Gasteiger partial charge in [0, 0.05) is 29.7 Å². The molecule has 1 aromatic heterocycles. The van der Waals surface area contributed by atoms with Crippen molar-refractivity contribution in [3.05, 3.63) is 43.7 Å². The molecule has 3 rings (SSSR count). The number of nitrogens with zero attached hydrogens (tertiary/aromatic N) is 1. The first-order chi connectivity index (χ1) is 10.0. The maximum atomic E-state index is 9.84. The van der Waals surface area contributed by atoms with Crippen molar-refractivity contribution in [3.63, 3.8) is 0 Å². The van der Waals surface area contributed by atoms with Gasteiger partial charge in [0.15, 0.2) is 0 Å². The van der Waals surface area contributed by atoms with Gasteiger partial charge in [-0.3, -0.25) is 0 Å². The summed E-state index contributed by atoms with van der Waals surface area (Å²) < 4.78 is 4.98. The molecule has 110 valence electrons. The largest absolute Gasteiger partial charge is 0.394 e. The average molecular weight is 478 g/mol. The second-order valence-corrected chi connectivity index (χ2v) is 7.58. The Balaban J connectivity index is 2.41. The van der Waals surface area contributed by atoms with Gasteiger partial charge in [0.05, 0.1) is 24.8 Å². The summed E-state index contributed by atoms with van der Waals surface area (Å²) in [7, 11) is 0. The highest BCUT2D eigenvalue weighted by molar-refractivity contribution is 9.11. The van der Waals surface area contributed by atoms with Gasteiger partial charge in [0.2, 0.25) is 0 Å². The lowest BCUT2D eigenvalue weighted by Gasteiger charge is -2.12. The second-order valence-electron chi connectivity index (χ2n) is 4.89. The van der Waals surface area contributed by atoms with Gasteiger partial charge < -0.3 is 14.8 Å². The van der Waals surface area contributed by atoms with Crippen molar-refractivity contribution in [1.82, 2.24) is 4.57 Å². The van der Waals surface area contributed by atoms with Gasteiger partial charge in [-0.25, -0.2) is 0 Å². The van der Waals surface area contributed by atoms with E-state index in [1.165, 1.54) is 0 Å². The standard InChI is InChI=1S/C15H12Br3NO2/c16-8-1-2-14-11(3-8)12-4-9(17)5-13(18)15(12)19(14)6-10(21)7-20/h1-5,10,20-21H,6-7H2. The monoisotopic (exact) mass is 475 g/mol. The van der Waals surface area contributed by atoms with Crippen LogP contribution < -0.4 is 0 Å². The summed E-state index contributed by atoms with van der Waals surface area (Å²) in [5.41, 5.74) is 2.04. The highest BCUT2D eigenvalue weighted by atomic mass is 79.9. The summed E-state index contributed by atoms with van der Waals surface area (Å²) >= 11 is 10.6. The fourth-order valence-corrected chi connectivity index (χ4v) is 4.38. The first kappa shape index (κ1) is 15.5. The molecular formula is C15H12Br3NO2. The maximum Gasteiger partial charge on any atom is 0.0949 e. The van der Waals surface area contributed by atoms with Gasteiger partial charge in [0.25, 0.3) is 0 Å². The predicted molar refractivity (Wildman–Crippen MR) is 95.6 cm³/mol. The van der Waals surface area contributed by atoms with Crippen LogP contribution in [0.25, 0.3) is 21.8 Å². The van der Waals surface area contributed by atoms with E-state index in [-0.39, 0.29) is 6.61 Å². The van der Waals surface area contributed by atoms with Crippen molar-refractivity contribution < 1.29 is 10.2 Å². The number of halogens is 3. The Hall–Kier alpha value is -0.400. The van der Waals surface area contributed by atoms with E-state index in [0.717, 1.165) is 35.2 Å². The van der Waals surface area contributed by atoms with Crippen LogP contribution in [0.2, 0.25) is 0 Å². The zero-order chi connectivity index (χ0) is 15.1. The lowest BCUT2D eigenvalue weighted by Crippen LogP contribution is -2.19. The number of hydrogen-bond donors (Lipinski definition) is 2. The minimum absolute atomic E-state index is 0.258. The SMILES string of the molecule is OCC(O)Cn1c2ccc(Br)cc2c2cc(Br)cc(Br)c21. The van der Waals surface area contributed by atoms with Crippen LogP contribution >= 0.6 is 47.8 Å². The number of benzene rings is 2. The van der Waals surface area contributed by atoms with Crippen LogP contribution in [0.4, 0.5) is 0 Å². The second kappa shape index (κ2) is 6.01. The number of aliphatic hydroxyl groups is 2. The van der Waals surface area contributed by atoms with Crippen LogP contribution in [-0.4, -0.2) is 27.5 Å². The Morgan fingerprint density at radius 2 is 1.71 bits per heavy atom. The fraction of sp³-hybridized carbons (Fsp3) is 0.200. The van der Waals surface area contributed by atoms with Crippen LogP contribution in [0.3, 0.4) is 0 Å². The molecule has 2 N–H and O–H groups in total. The minimum atomic E-state index is -0.789. The third kappa shape index (κ3) is 2.80. The van der Waals surface area contributed by atoms with Crippen LogP contribution in [-0.2, 0) is 6.54 Å². The third-order valence-corrected chi connectivity index (χ3v) is 5.00. The van der Waals surface area contributed by atoms with E-state index < -0.39 is 6.10 Å². The molecule has 3 aromatic rings. The van der Waals surface area contributed by atoms with Gasteiger partial charge in [0.1, 0.15) is 0 Å². The Morgan fingerprint density at radius 1 is 1.00 bits per heavy atom. The Kier molecular flexibility index (Phi) is 4.43. The Morgan fingerprint density at radius 3 is 2.43 bits per heavy atom. The molecular weight excluding hydrogens is 466 g/mol. The van der Waals surface area contributed by atoms with Crippen molar-refractivity contribution in [2.75, 3.05) is 6.61 Å². The van der Waals surface area contributed by atoms with Gasteiger partial charge >= 0.3 is 0 Å². The van der Waals surface area contributed by atoms with Gasteiger partial charge in [-0.15, -0.1) is 0 Å². The van der Waals surface area contributed by atoms with Crippen LogP contribution in [0.1, 0.15) is 0 Å². The van der Waals surface area contributed by atoms with Gasteiger partial charge in [-0.05, 0) is 46.3 Å². The zero-order valence-corrected chi connectivity index (χ0v) is 15.6. The summed E-state index contributed by atoms with van der Waals surface area (Å²) in [6, 6.07) is 10.1. The van der Waals surface area contributed by atoms with E-state index in [0.29, 0.717) is 6.54 Å². The molecule has 1 atom stereocenters. The molecule has 0 aliphatic rings. The third-order valence-electron chi connectivity index (χ3n) is 3.44. The van der Waals surface area contributed by atoms with Gasteiger partial charge in [-0.2, -0.15) is 0 Å². The number of aliphatic hydroxyl groups excluding tert-OH is 2. The van der Waals surface area contributed by atoms with Crippen LogP contribution in [0.5, 0.6) is 0 Å². The van der Waals surface area contributed by atoms with E-state index in [2.05, 4.69) is 59.9 Å². The molecule has 6 heteroatoms. The van der Waals surface area contributed by atoms with E-state index in [1.807, 2.05) is 22.8 Å². The molecule has 1 heterocycles. The van der Waals surface area contributed by atoms with Crippen molar-refractivity contribution in [2.24, 2.45) is 0 Å². The fourth-order valence-electron chi connectivity index (χ4n) is 2.58. The summed E-state index contributed by atoms with van der Waals surface area (Å²) in [4.78, 5) is 0. The van der Waals surface area contributed by atoms with Crippen LogP contribution in [0, 0.1) is 0 Å². The van der Waals surface area contributed by atoms with Crippen molar-refractivity contribution >= 4 is 69.6 Å². The van der Waals surface area contributed by atoms with Crippen molar-refractivity contribution in [3.8, 4) is 0 Å². The Bertz CT molecular complexity index is 829. The summed E-state index contributed by atoms with van der Waals surface area (Å²) in [5.74, 6) is 0. The number of rotatable bonds is 3. The highest BCUT2D eigenvalue weighted by Gasteiger charge is 2.16. The lowest BCUT2D eigenvalue weighted by atomic mass is 10.2. The zero-order valence-electron chi connectivity index (χ0n) is 10.9. The molecule has 3 nitrogen and oxygen atoms in total. The number of fused-ring (bicyclic) bond motifs is 3. The summed E-state index contributed by atoms with van der Waals surface area (Å²) in [6.45, 7) is 0.0875. The summed E-state index contributed by atoms with van der Waals surface area (Å²) in [5, 5.41) is 21.2. The van der Waals surface area contributed by atoms with E-state index >= 15 is 0 Å². The molecule has 0 aliphatic carbocycles. The minimum Gasteiger partial charge on any atom is -0.394 e. The van der Waals surface area contributed by atoms with E-state index in [4.69, 9.17) is 5.11 Å². The average Bonchev–Trinajstić information content (AvgIpc) is 2.72. The molecule has 0 bridgehead atoms. The number of hydrogen-bond acceptors (Lipinski definition) is 2.